The lowest BCUT2D eigenvalue weighted by atomic mass is 9.96. The molecule has 1 unspecified atom stereocenters. The van der Waals surface area contributed by atoms with Gasteiger partial charge >= 0.3 is 5.97 Å². The first-order valence-corrected chi connectivity index (χ1v) is 6.63. The predicted molar refractivity (Wildman–Crippen MR) is 73.4 cm³/mol. The highest BCUT2D eigenvalue weighted by molar-refractivity contribution is 5.93. The number of nitrogens with one attached hydrogen (secondary N) is 2. The van der Waals surface area contributed by atoms with E-state index in [2.05, 4.69) is 20.5 Å². The van der Waals surface area contributed by atoms with Gasteiger partial charge in [-0.25, -0.2) is 9.78 Å². The average Bonchev–Trinajstić information content (AvgIpc) is 2.83. The average molecular weight is 282 g/mol. The van der Waals surface area contributed by atoms with E-state index in [4.69, 9.17) is 5.11 Å². The predicted octanol–water partition coefficient (Wildman–Crippen LogP) is 1.33. The van der Waals surface area contributed by atoms with Crippen molar-refractivity contribution in [1.29, 1.82) is 0 Å². The molecule has 1 rings (SSSR count). The molecular formula is C13H22N4O3. The summed E-state index contributed by atoms with van der Waals surface area (Å²) in [5, 5.41) is 18.1. The topological polar surface area (TPSA) is 108 Å². The molecule has 0 aliphatic carbocycles. The number of carboxylic acid groups (broad SMARTS) is 1. The zero-order valence-electron chi connectivity index (χ0n) is 12.5. The molecule has 3 N–H and O–H groups in total. The lowest BCUT2D eigenvalue weighted by molar-refractivity contribution is -0.140. The Balaban J connectivity index is 2.85. The Kier molecular flexibility index (Phi) is 4.86. The Morgan fingerprint density at radius 3 is 2.40 bits per heavy atom. The van der Waals surface area contributed by atoms with Crippen LogP contribution in [0.15, 0.2) is 0 Å². The zero-order valence-corrected chi connectivity index (χ0v) is 12.5. The van der Waals surface area contributed by atoms with Crippen LogP contribution in [0.3, 0.4) is 0 Å². The van der Waals surface area contributed by atoms with Crippen LogP contribution < -0.4 is 5.32 Å². The molecule has 0 radical (unpaired) electrons. The van der Waals surface area contributed by atoms with Gasteiger partial charge < -0.3 is 10.4 Å². The molecule has 0 aliphatic rings. The molecule has 0 bridgehead atoms. The standard InChI is InChI=1S/C13H22N4O3/c1-6-7(2)8(11(19)20)14-10(18)9-15-12(17-16-9)13(3,4)5/h7-8H,6H2,1-5H3,(H,14,18)(H,19,20)(H,15,16,17)/t7?,8-/m0/s1. The van der Waals surface area contributed by atoms with Gasteiger partial charge in [0.15, 0.2) is 0 Å². The van der Waals surface area contributed by atoms with Gasteiger partial charge in [-0.15, -0.1) is 5.10 Å². The highest BCUT2D eigenvalue weighted by Gasteiger charge is 2.28. The normalized spacial score (nSPS) is 14.7. The van der Waals surface area contributed by atoms with Crippen molar-refractivity contribution in [3.63, 3.8) is 0 Å². The van der Waals surface area contributed by atoms with Gasteiger partial charge in [0.2, 0.25) is 5.82 Å². The van der Waals surface area contributed by atoms with E-state index in [9.17, 15) is 9.59 Å². The van der Waals surface area contributed by atoms with E-state index in [0.717, 1.165) is 0 Å². The molecule has 0 saturated heterocycles. The van der Waals surface area contributed by atoms with Gasteiger partial charge in [0.05, 0.1) is 0 Å². The van der Waals surface area contributed by atoms with Crippen LogP contribution in [-0.4, -0.2) is 38.2 Å². The molecule has 0 fully saturated rings. The van der Waals surface area contributed by atoms with Crippen LogP contribution in [0.2, 0.25) is 0 Å². The third kappa shape index (κ3) is 3.79. The maximum Gasteiger partial charge on any atom is 0.326 e. The van der Waals surface area contributed by atoms with Crippen molar-refractivity contribution in [3.8, 4) is 0 Å². The molecule has 0 aliphatic heterocycles. The smallest absolute Gasteiger partial charge is 0.326 e. The van der Waals surface area contributed by atoms with Gasteiger partial charge in [0.1, 0.15) is 11.9 Å². The minimum Gasteiger partial charge on any atom is -0.480 e. The second kappa shape index (κ2) is 6.02. The number of aromatic nitrogens is 3. The first-order valence-electron chi connectivity index (χ1n) is 6.63. The van der Waals surface area contributed by atoms with E-state index in [1.54, 1.807) is 6.92 Å². The molecule has 7 nitrogen and oxygen atoms in total. The summed E-state index contributed by atoms with van der Waals surface area (Å²) in [4.78, 5) is 27.3. The summed E-state index contributed by atoms with van der Waals surface area (Å²) in [6.45, 7) is 9.46. The van der Waals surface area contributed by atoms with Crippen molar-refractivity contribution in [3.05, 3.63) is 11.6 Å². The van der Waals surface area contributed by atoms with Crippen molar-refractivity contribution >= 4 is 11.9 Å². The van der Waals surface area contributed by atoms with Crippen LogP contribution in [0.1, 0.15) is 57.5 Å². The number of hydrogen-bond donors (Lipinski definition) is 3. The van der Waals surface area contributed by atoms with Crippen molar-refractivity contribution in [1.82, 2.24) is 20.5 Å². The van der Waals surface area contributed by atoms with Gasteiger partial charge in [-0.2, -0.15) is 0 Å². The summed E-state index contributed by atoms with van der Waals surface area (Å²) < 4.78 is 0. The molecule has 0 spiro atoms. The maximum absolute atomic E-state index is 12.0. The fourth-order valence-electron chi connectivity index (χ4n) is 1.59. The quantitative estimate of drug-likeness (QED) is 0.755. The van der Waals surface area contributed by atoms with E-state index in [-0.39, 0.29) is 17.2 Å². The van der Waals surface area contributed by atoms with Crippen LogP contribution in [0.5, 0.6) is 0 Å². The lowest BCUT2D eigenvalue weighted by Crippen LogP contribution is -2.45. The number of amides is 1. The van der Waals surface area contributed by atoms with Crippen molar-refractivity contribution in [2.75, 3.05) is 0 Å². The number of aliphatic carboxylic acids is 1. The van der Waals surface area contributed by atoms with Gasteiger partial charge in [0.25, 0.3) is 5.91 Å². The van der Waals surface area contributed by atoms with Crippen molar-refractivity contribution in [2.24, 2.45) is 5.92 Å². The number of hydrogen-bond acceptors (Lipinski definition) is 4. The summed E-state index contributed by atoms with van der Waals surface area (Å²) in [5.74, 6) is -1.26. The molecule has 1 heterocycles. The van der Waals surface area contributed by atoms with Gasteiger partial charge in [-0.1, -0.05) is 41.0 Å². The maximum atomic E-state index is 12.0. The summed E-state index contributed by atoms with van der Waals surface area (Å²) in [5.41, 5.74) is -0.256. The number of aromatic amines is 1. The monoisotopic (exact) mass is 282 g/mol. The lowest BCUT2D eigenvalue weighted by Gasteiger charge is -2.19. The summed E-state index contributed by atoms with van der Waals surface area (Å²) >= 11 is 0. The van der Waals surface area contributed by atoms with E-state index >= 15 is 0 Å². The molecule has 1 amide bonds. The Morgan fingerprint density at radius 2 is 2.00 bits per heavy atom. The van der Waals surface area contributed by atoms with Crippen LogP contribution in [-0.2, 0) is 10.2 Å². The second-order valence-electron chi connectivity index (χ2n) is 5.93. The number of carbonyl (C=O) groups excluding carboxylic acids is 1. The second-order valence-corrected chi connectivity index (χ2v) is 5.93. The van der Waals surface area contributed by atoms with E-state index < -0.39 is 17.9 Å². The Bertz CT molecular complexity index is 490. The van der Waals surface area contributed by atoms with Crippen LogP contribution in [0, 0.1) is 5.92 Å². The Morgan fingerprint density at radius 1 is 1.40 bits per heavy atom. The fourth-order valence-corrected chi connectivity index (χ4v) is 1.59. The Hall–Kier alpha value is -1.92. The number of nitrogens with zero attached hydrogens (tertiary/aromatic N) is 2. The number of rotatable bonds is 5. The van der Waals surface area contributed by atoms with Crippen LogP contribution in [0.25, 0.3) is 0 Å². The number of carbonyl (C=O) groups is 2. The molecule has 1 aromatic heterocycles. The highest BCUT2D eigenvalue weighted by Crippen LogP contribution is 2.17. The molecular weight excluding hydrogens is 260 g/mol. The van der Waals surface area contributed by atoms with E-state index in [1.165, 1.54) is 0 Å². The summed E-state index contributed by atoms with van der Waals surface area (Å²) in [6, 6.07) is -0.941. The summed E-state index contributed by atoms with van der Waals surface area (Å²) in [7, 11) is 0. The molecule has 112 valence electrons. The van der Waals surface area contributed by atoms with Gasteiger partial charge in [0, 0.05) is 5.41 Å². The van der Waals surface area contributed by atoms with Crippen molar-refractivity contribution in [2.45, 2.75) is 52.5 Å². The molecule has 2 atom stereocenters. The molecule has 1 aromatic rings. The van der Waals surface area contributed by atoms with E-state index in [1.807, 2.05) is 27.7 Å². The fraction of sp³-hybridized carbons (Fsp3) is 0.692. The molecule has 20 heavy (non-hydrogen) atoms. The minimum atomic E-state index is -1.06. The minimum absolute atomic E-state index is 0.0375. The molecule has 0 saturated carbocycles. The molecule has 7 heteroatoms. The van der Waals surface area contributed by atoms with Gasteiger partial charge in [-0.3, -0.25) is 9.89 Å². The van der Waals surface area contributed by atoms with Gasteiger partial charge in [-0.05, 0) is 5.92 Å². The third-order valence-electron chi connectivity index (χ3n) is 3.16. The summed E-state index contributed by atoms with van der Waals surface area (Å²) in [6.07, 6.45) is 0.651. The van der Waals surface area contributed by atoms with Crippen LogP contribution in [0.4, 0.5) is 0 Å². The first-order chi connectivity index (χ1) is 9.16. The van der Waals surface area contributed by atoms with E-state index in [0.29, 0.717) is 12.2 Å². The largest absolute Gasteiger partial charge is 0.480 e. The zero-order chi connectivity index (χ0) is 15.5. The van der Waals surface area contributed by atoms with Crippen LogP contribution >= 0.6 is 0 Å². The SMILES string of the molecule is CCC(C)[C@H](NC(=O)c1n[nH]c(C(C)(C)C)n1)C(=O)O. The van der Waals surface area contributed by atoms with Crippen molar-refractivity contribution < 1.29 is 14.7 Å². The number of carboxylic acids is 1. The molecule has 0 aromatic carbocycles. The number of H-pyrrole nitrogens is 1. The highest BCUT2D eigenvalue weighted by atomic mass is 16.4. The Labute approximate surface area is 118 Å². The first kappa shape index (κ1) is 16.1. The third-order valence-corrected chi connectivity index (χ3v) is 3.16.